The number of aliphatic hydroxyl groups excluding tert-OH is 1. The summed E-state index contributed by atoms with van der Waals surface area (Å²) in [5.74, 6) is -0.672. The summed E-state index contributed by atoms with van der Waals surface area (Å²) in [5, 5.41) is 12.6. The van der Waals surface area contributed by atoms with Gasteiger partial charge in [0.2, 0.25) is 5.91 Å². The first-order valence-electron chi connectivity index (χ1n) is 19.7. The van der Waals surface area contributed by atoms with Gasteiger partial charge >= 0.3 is 13.8 Å². The van der Waals surface area contributed by atoms with Crippen molar-refractivity contribution in [2.24, 2.45) is 0 Å². The highest BCUT2D eigenvalue weighted by atomic mass is 31.2. The Kier molecular flexibility index (Phi) is 36.4. The molecule has 2 atom stereocenters. The Hall–Kier alpha value is -3.07. The van der Waals surface area contributed by atoms with E-state index >= 15 is 0 Å². The number of nitrogens with one attached hydrogen (secondary N) is 1. The van der Waals surface area contributed by atoms with Crippen LogP contribution in [0, 0.1) is 0 Å². The van der Waals surface area contributed by atoms with E-state index < -0.39 is 26.5 Å². The predicted octanol–water partition coefficient (Wildman–Crippen LogP) is 10.7. The number of carbonyl (C=O) groups is 2. The van der Waals surface area contributed by atoms with Gasteiger partial charge in [0.25, 0.3) is 0 Å². The van der Waals surface area contributed by atoms with Crippen LogP contribution < -0.4 is 5.32 Å². The zero-order chi connectivity index (χ0) is 38.9. The van der Waals surface area contributed by atoms with Crippen LogP contribution in [0.25, 0.3) is 0 Å². The number of amides is 1. The molecule has 10 heteroatoms. The van der Waals surface area contributed by atoms with Gasteiger partial charge < -0.3 is 20.1 Å². The third kappa shape index (κ3) is 40.0. The van der Waals surface area contributed by atoms with Gasteiger partial charge in [-0.05, 0) is 70.6 Å². The van der Waals surface area contributed by atoms with Crippen molar-refractivity contribution in [3.8, 4) is 0 Å². The highest BCUT2D eigenvalue weighted by Crippen LogP contribution is 2.42. The Bertz CT molecular complexity index is 1180. The zero-order valence-electron chi connectivity index (χ0n) is 32.7. The van der Waals surface area contributed by atoms with Crippen molar-refractivity contribution in [1.29, 1.82) is 0 Å². The standard InChI is InChI=1S/C43H70NO8P/c1-3-5-7-9-11-13-15-16-17-18-19-20-21-22-23-24-26-28-30-32-34-36-43(47)50-39-41(45)40-52-53(48,49)51-38-37-44-42(46)35-33-31-29-27-25-14-12-10-8-6-4-2/h5,7,10-13,16-17,19-20,22-23,26,28,32,34,41,45H,3-4,6,8-9,14-15,18,21,24-25,27,29-31,33,35-40H2,1-2H3,(H,44,46)(H,48,49)/b7-5-,12-10-,13-11-,17-16-,20-19-,23-22-,28-26-,34-32-. The first kappa shape index (κ1) is 49.9. The summed E-state index contributed by atoms with van der Waals surface area (Å²) in [6.07, 6.45) is 49.4. The Labute approximate surface area is 321 Å². The first-order chi connectivity index (χ1) is 25.8. The van der Waals surface area contributed by atoms with E-state index in [2.05, 4.69) is 98.2 Å². The molecule has 2 unspecified atom stereocenters. The lowest BCUT2D eigenvalue weighted by molar-refractivity contribution is -0.146. The van der Waals surface area contributed by atoms with Crippen LogP contribution in [0.1, 0.15) is 129 Å². The lowest BCUT2D eigenvalue weighted by atomic mass is 10.1. The molecule has 300 valence electrons. The number of allylic oxidation sites excluding steroid dienone is 15. The second-order valence-electron chi connectivity index (χ2n) is 12.5. The van der Waals surface area contributed by atoms with Crippen LogP contribution in [0.15, 0.2) is 97.2 Å². The molecule has 0 aromatic carbocycles. The largest absolute Gasteiger partial charge is 0.472 e. The molecule has 0 aliphatic carbocycles. The maximum atomic E-state index is 12.0. The summed E-state index contributed by atoms with van der Waals surface area (Å²) in [6.45, 7) is 3.24. The lowest BCUT2D eigenvalue weighted by Gasteiger charge is -2.15. The van der Waals surface area contributed by atoms with Crippen molar-refractivity contribution in [1.82, 2.24) is 5.32 Å². The van der Waals surface area contributed by atoms with Crippen LogP contribution in [-0.4, -0.2) is 54.3 Å². The minimum atomic E-state index is -4.44. The predicted molar refractivity (Wildman–Crippen MR) is 219 cm³/mol. The van der Waals surface area contributed by atoms with Crippen LogP contribution in [-0.2, 0) is 27.9 Å². The molecule has 0 radical (unpaired) electrons. The van der Waals surface area contributed by atoms with Gasteiger partial charge in [0, 0.05) is 13.0 Å². The van der Waals surface area contributed by atoms with E-state index in [4.69, 9.17) is 13.8 Å². The van der Waals surface area contributed by atoms with Gasteiger partial charge in [-0.3, -0.25) is 18.6 Å². The third-order valence-electron chi connectivity index (χ3n) is 7.53. The minimum Gasteiger partial charge on any atom is -0.463 e. The maximum Gasteiger partial charge on any atom is 0.472 e. The van der Waals surface area contributed by atoms with E-state index in [0.717, 1.165) is 77.0 Å². The zero-order valence-corrected chi connectivity index (χ0v) is 33.6. The maximum absolute atomic E-state index is 12.0. The Morgan fingerprint density at radius 1 is 0.623 bits per heavy atom. The molecule has 1 amide bonds. The van der Waals surface area contributed by atoms with Crippen molar-refractivity contribution >= 4 is 19.7 Å². The highest BCUT2D eigenvalue weighted by Gasteiger charge is 2.23. The van der Waals surface area contributed by atoms with E-state index in [1.165, 1.54) is 19.3 Å². The molecular weight excluding hydrogens is 689 g/mol. The van der Waals surface area contributed by atoms with Crippen molar-refractivity contribution in [3.05, 3.63) is 97.2 Å². The smallest absolute Gasteiger partial charge is 0.463 e. The van der Waals surface area contributed by atoms with E-state index in [0.29, 0.717) is 12.8 Å². The summed E-state index contributed by atoms with van der Waals surface area (Å²) in [4.78, 5) is 33.7. The van der Waals surface area contributed by atoms with Crippen LogP contribution in [0.3, 0.4) is 0 Å². The first-order valence-corrected chi connectivity index (χ1v) is 21.2. The highest BCUT2D eigenvalue weighted by molar-refractivity contribution is 7.47. The van der Waals surface area contributed by atoms with Gasteiger partial charge in [-0.15, -0.1) is 0 Å². The molecule has 0 rings (SSSR count). The number of phosphoric ester groups is 1. The summed E-state index contributed by atoms with van der Waals surface area (Å²) in [5.41, 5.74) is 0. The molecule has 0 saturated carbocycles. The van der Waals surface area contributed by atoms with Crippen molar-refractivity contribution in [3.63, 3.8) is 0 Å². The normalized spacial score (nSPS) is 14.4. The molecule has 0 aromatic heterocycles. The average molecular weight is 760 g/mol. The number of esters is 1. The second-order valence-corrected chi connectivity index (χ2v) is 14.0. The molecule has 0 saturated heterocycles. The number of phosphoric acid groups is 1. The van der Waals surface area contributed by atoms with Crippen molar-refractivity contribution in [2.75, 3.05) is 26.4 Å². The fourth-order valence-corrected chi connectivity index (χ4v) is 5.32. The van der Waals surface area contributed by atoms with Gasteiger partial charge in [-0.1, -0.05) is 143 Å². The molecule has 0 aromatic rings. The summed E-state index contributed by atoms with van der Waals surface area (Å²) < 4.78 is 26.7. The van der Waals surface area contributed by atoms with Crippen LogP contribution in [0.4, 0.5) is 0 Å². The van der Waals surface area contributed by atoms with Crippen LogP contribution in [0.2, 0.25) is 0 Å². The van der Waals surface area contributed by atoms with Gasteiger partial charge in [0.15, 0.2) is 0 Å². The number of unbranched alkanes of at least 4 members (excludes halogenated alkanes) is 7. The van der Waals surface area contributed by atoms with Crippen molar-refractivity contribution in [2.45, 2.75) is 136 Å². The quantitative estimate of drug-likeness (QED) is 0.0252. The summed E-state index contributed by atoms with van der Waals surface area (Å²) in [6, 6.07) is 0. The molecule has 3 N–H and O–H groups in total. The Balaban J connectivity index is 3.81. The Morgan fingerprint density at radius 3 is 1.66 bits per heavy atom. The number of rotatable bonds is 35. The molecule has 0 aliphatic heterocycles. The fourth-order valence-electron chi connectivity index (χ4n) is 4.56. The topological polar surface area (TPSA) is 131 Å². The fraction of sp³-hybridized carbons (Fsp3) is 0.581. The second kappa shape index (κ2) is 38.6. The van der Waals surface area contributed by atoms with Crippen LogP contribution in [0.5, 0.6) is 0 Å². The van der Waals surface area contributed by atoms with Crippen LogP contribution >= 0.6 is 7.82 Å². The summed E-state index contributed by atoms with van der Waals surface area (Å²) in [7, 11) is -4.44. The minimum absolute atomic E-state index is 0.0422. The molecule has 0 aliphatic rings. The molecule has 0 fully saturated rings. The molecule has 0 heterocycles. The average Bonchev–Trinajstić information content (AvgIpc) is 3.14. The van der Waals surface area contributed by atoms with Crippen molar-refractivity contribution < 1.29 is 37.9 Å². The van der Waals surface area contributed by atoms with Gasteiger partial charge in [-0.25, -0.2) is 4.57 Å². The summed E-state index contributed by atoms with van der Waals surface area (Å²) >= 11 is 0. The number of hydrogen-bond acceptors (Lipinski definition) is 7. The van der Waals surface area contributed by atoms with Gasteiger partial charge in [0.1, 0.15) is 12.7 Å². The SMILES string of the molecule is CC/C=C\C/C=C\C/C=C\C/C=C\C/C=C\C/C=C\C/C=C\CC(=O)OCC(O)COP(=O)(O)OCCNC(=O)CCCCCCC/C=C\CCCC. The monoisotopic (exact) mass is 759 g/mol. The van der Waals surface area contributed by atoms with E-state index in [1.807, 2.05) is 12.2 Å². The molecule has 53 heavy (non-hydrogen) atoms. The number of ether oxygens (including phenoxy) is 1. The molecule has 9 nitrogen and oxygen atoms in total. The van der Waals surface area contributed by atoms with E-state index in [-0.39, 0.29) is 32.1 Å². The van der Waals surface area contributed by atoms with E-state index in [1.54, 1.807) is 6.08 Å². The number of aliphatic hydroxyl groups is 1. The third-order valence-corrected chi connectivity index (χ3v) is 8.52. The number of hydrogen-bond donors (Lipinski definition) is 3. The molecular formula is C43H70NO8P. The van der Waals surface area contributed by atoms with Gasteiger partial charge in [0.05, 0.1) is 19.6 Å². The van der Waals surface area contributed by atoms with Gasteiger partial charge in [-0.2, -0.15) is 0 Å². The molecule has 0 spiro atoms. The lowest BCUT2D eigenvalue weighted by Crippen LogP contribution is -2.27. The van der Waals surface area contributed by atoms with E-state index in [9.17, 15) is 24.2 Å². The molecule has 0 bridgehead atoms. The number of carbonyl (C=O) groups excluding carboxylic acids is 2. The Morgan fingerprint density at radius 2 is 1.11 bits per heavy atom.